The van der Waals surface area contributed by atoms with Gasteiger partial charge in [0.25, 0.3) is 0 Å². The van der Waals surface area contributed by atoms with E-state index in [2.05, 4.69) is 31.5 Å². The molecule has 2 amide bonds. The van der Waals surface area contributed by atoms with E-state index in [1.165, 1.54) is 14.2 Å². The van der Waals surface area contributed by atoms with Crippen LogP contribution in [0.5, 0.6) is 0 Å². The highest BCUT2D eigenvalue weighted by atomic mass is 79.9. The van der Waals surface area contributed by atoms with Gasteiger partial charge in [0.05, 0.1) is 27.4 Å². The predicted molar refractivity (Wildman–Crippen MR) is 172 cm³/mol. The number of hydrogen-bond donors (Lipinski definition) is 2. The quantitative estimate of drug-likeness (QED) is 0.284. The van der Waals surface area contributed by atoms with Crippen LogP contribution in [0.1, 0.15) is 64.8 Å². The third-order valence-electron chi connectivity index (χ3n) is 6.00. The first-order chi connectivity index (χ1) is 21.0. The zero-order valence-corrected chi connectivity index (χ0v) is 28.7. The average Bonchev–Trinajstić information content (AvgIpc) is 2.97. The molecule has 2 aromatic carbocycles. The average molecular weight is 695 g/mol. The molecule has 2 aromatic rings. The van der Waals surface area contributed by atoms with Gasteiger partial charge in [0.2, 0.25) is 0 Å². The molecule has 1 aliphatic heterocycles. The first-order valence-corrected chi connectivity index (χ1v) is 15.1. The Morgan fingerprint density at radius 3 is 1.44 bits per heavy atom. The van der Waals surface area contributed by atoms with Crippen LogP contribution < -0.4 is 15.5 Å². The highest BCUT2D eigenvalue weighted by molar-refractivity contribution is 9.10. The van der Waals surface area contributed by atoms with Gasteiger partial charge in [0, 0.05) is 23.2 Å². The summed E-state index contributed by atoms with van der Waals surface area (Å²) in [6.45, 7) is 13.6. The molecule has 2 N–H and O–H groups in total. The van der Waals surface area contributed by atoms with Crippen molar-refractivity contribution >= 4 is 45.7 Å². The number of alkyl carbamates (subject to hydrolysis) is 2. The van der Waals surface area contributed by atoms with Crippen LogP contribution in [0.4, 0.5) is 15.3 Å². The van der Waals surface area contributed by atoms with Crippen LogP contribution in [0.2, 0.25) is 0 Å². The second kappa shape index (κ2) is 17.0. The second-order valence-electron chi connectivity index (χ2n) is 11.9. The van der Waals surface area contributed by atoms with Crippen molar-refractivity contribution < 1.29 is 42.9 Å². The van der Waals surface area contributed by atoms with Gasteiger partial charge < -0.3 is 39.2 Å². The molecule has 12 nitrogen and oxygen atoms in total. The van der Waals surface area contributed by atoms with Crippen LogP contribution >= 0.6 is 15.9 Å². The minimum atomic E-state index is -0.918. The highest BCUT2D eigenvalue weighted by Gasteiger charge is 2.28. The fourth-order valence-corrected chi connectivity index (χ4v) is 4.26. The summed E-state index contributed by atoms with van der Waals surface area (Å²) in [6.07, 6.45) is -1.34. The van der Waals surface area contributed by atoms with E-state index in [9.17, 15) is 19.2 Å². The van der Waals surface area contributed by atoms with Gasteiger partial charge in [-0.25, -0.2) is 19.2 Å². The van der Waals surface area contributed by atoms with E-state index in [0.717, 1.165) is 23.2 Å². The molecule has 3 rings (SSSR count). The van der Waals surface area contributed by atoms with Crippen LogP contribution in [-0.4, -0.2) is 75.9 Å². The molecule has 1 fully saturated rings. The maximum atomic E-state index is 12.1. The normalized spacial score (nSPS) is 14.5. The number of nitrogens with zero attached hydrogens (tertiary/aromatic N) is 1. The smallest absolute Gasteiger partial charge is 0.408 e. The number of esters is 2. The molecule has 1 saturated heterocycles. The number of amides is 2. The SMILES string of the molecule is COC(=O)C(NC(=O)OC(C)(C)C)c1ccc(Br)cc1.COC(=O)C(NC(=O)OC(C)(C)C)c1ccc(N2CCOCC2)cc1. The molecule has 2 atom stereocenters. The Morgan fingerprint density at radius 1 is 0.711 bits per heavy atom. The molecular formula is C32H44BrN3O9. The number of methoxy groups -OCH3 is 2. The van der Waals surface area contributed by atoms with E-state index in [-0.39, 0.29) is 0 Å². The van der Waals surface area contributed by atoms with Crippen molar-refractivity contribution in [2.45, 2.75) is 64.8 Å². The van der Waals surface area contributed by atoms with Crippen molar-refractivity contribution in [3.8, 4) is 0 Å². The topological polar surface area (TPSA) is 142 Å². The maximum Gasteiger partial charge on any atom is 0.408 e. The fraction of sp³-hybridized carbons (Fsp3) is 0.500. The number of morpholine rings is 1. The summed E-state index contributed by atoms with van der Waals surface area (Å²) in [4.78, 5) is 49.9. The van der Waals surface area contributed by atoms with E-state index in [0.29, 0.717) is 24.3 Å². The van der Waals surface area contributed by atoms with Gasteiger partial charge in [-0.15, -0.1) is 0 Å². The van der Waals surface area contributed by atoms with Crippen molar-refractivity contribution in [3.63, 3.8) is 0 Å². The van der Waals surface area contributed by atoms with Gasteiger partial charge in [0.15, 0.2) is 12.1 Å². The third-order valence-corrected chi connectivity index (χ3v) is 6.53. The van der Waals surface area contributed by atoms with Gasteiger partial charge in [-0.1, -0.05) is 40.2 Å². The van der Waals surface area contributed by atoms with Gasteiger partial charge in [-0.3, -0.25) is 0 Å². The Kier molecular flexibility index (Phi) is 14.1. The summed E-state index contributed by atoms with van der Waals surface area (Å²) in [5.41, 5.74) is 1.02. The minimum absolute atomic E-state index is 0.551. The largest absolute Gasteiger partial charge is 0.467 e. The number of benzene rings is 2. The standard InChI is InChI=1S/C18H26N2O5.C14H18BrNO4/c1-18(2,3)25-17(22)19-15(16(21)23-4)13-5-7-14(8-6-13)20-9-11-24-12-10-20;1-14(2,3)20-13(18)16-11(12(17)19-4)9-5-7-10(15)8-6-9/h5-8,15H,9-12H2,1-4H3,(H,19,22);5-8,11H,1-4H3,(H,16,18). The predicted octanol–water partition coefficient (Wildman–Crippen LogP) is 5.45. The lowest BCUT2D eigenvalue weighted by atomic mass is 10.1. The first-order valence-electron chi connectivity index (χ1n) is 14.4. The van der Waals surface area contributed by atoms with Crippen LogP contribution in [0.25, 0.3) is 0 Å². The zero-order valence-electron chi connectivity index (χ0n) is 27.1. The Balaban J connectivity index is 0.000000322. The maximum absolute atomic E-state index is 12.1. The van der Waals surface area contributed by atoms with Gasteiger partial charge in [0.1, 0.15) is 11.2 Å². The van der Waals surface area contributed by atoms with Crippen LogP contribution in [-0.2, 0) is 33.3 Å². The highest BCUT2D eigenvalue weighted by Crippen LogP contribution is 2.22. The molecule has 0 aliphatic carbocycles. The Morgan fingerprint density at radius 2 is 1.09 bits per heavy atom. The van der Waals surface area contributed by atoms with Crippen molar-refractivity contribution in [1.29, 1.82) is 0 Å². The van der Waals surface area contributed by atoms with E-state index in [1.54, 1.807) is 65.8 Å². The van der Waals surface area contributed by atoms with E-state index in [4.69, 9.17) is 23.7 Å². The van der Waals surface area contributed by atoms with Gasteiger partial charge in [-0.2, -0.15) is 0 Å². The number of halogens is 1. The number of anilines is 1. The van der Waals surface area contributed by atoms with Crippen molar-refractivity contribution in [3.05, 3.63) is 64.1 Å². The molecule has 248 valence electrons. The number of ether oxygens (including phenoxy) is 5. The van der Waals surface area contributed by atoms with Gasteiger partial charge in [-0.05, 0) is 76.9 Å². The number of carbonyl (C=O) groups is 4. The Bertz CT molecular complexity index is 1270. The molecule has 2 unspecified atom stereocenters. The fourth-order valence-electron chi connectivity index (χ4n) is 4.00. The number of rotatable bonds is 7. The van der Waals surface area contributed by atoms with E-state index < -0.39 is 47.4 Å². The molecule has 0 radical (unpaired) electrons. The molecular weight excluding hydrogens is 650 g/mol. The van der Waals surface area contributed by atoms with Crippen molar-refractivity contribution in [1.82, 2.24) is 10.6 Å². The summed E-state index contributed by atoms with van der Waals surface area (Å²) in [5.74, 6) is -1.11. The summed E-state index contributed by atoms with van der Waals surface area (Å²) >= 11 is 3.31. The zero-order chi connectivity index (χ0) is 33.8. The monoisotopic (exact) mass is 693 g/mol. The molecule has 45 heavy (non-hydrogen) atoms. The van der Waals surface area contributed by atoms with Crippen molar-refractivity contribution in [2.24, 2.45) is 0 Å². The number of nitrogens with one attached hydrogen (secondary N) is 2. The molecule has 13 heteroatoms. The summed E-state index contributed by atoms with van der Waals surface area (Å²) in [7, 11) is 2.55. The lowest BCUT2D eigenvalue weighted by Crippen LogP contribution is -2.38. The van der Waals surface area contributed by atoms with Crippen LogP contribution in [0.3, 0.4) is 0 Å². The molecule has 0 saturated carbocycles. The van der Waals surface area contributed by atoms with Crippen LogP contribution in [0, 0.1) is 0 Å². The molecule has 0 aromatic heterocycles. The summed E-state index contributed by atoms with van der Waals surface area (Å²) in [6, 6.07) is 12.7. The molecule has 0 spiro atoms. The Hall–Kier alpha value is -3.84. The van der Waals surface area contributed by atoms with E-state index >= 15 is 0 Å². The molecule has 1 heterocycles. The van der Waals surface area contributed by atoms with Crippen LogP contribution in [0.15, 0.2) is 53.0 Å². The molecule has 0 bridgehead atoms. The van der Waals surface area contributed by atoms with E-state index in [1.807, 2.05) is 24.3 Å². The summed E-state index contributed by atoms with van der Waals surface area (Å²) < 4.78 is 26.1. The molecule has 1 aliphatic rings. The third kappa shape index (κ3) is 13.4. The van der Waals surface area contributed by atoms with Gasteiger partial charge >= 0.3 is 24.1 Å². The van der Waals surface area contributed by atoms with Crippen molar-refractivity contribution in [2.75, 3.05) is 45.4 Å². The number of carbonyl (C=O) groups excluding carboxylic acids is 4. The summed E-state index contributed by atoms with van der Waals surface area (Å²) in [5, 5.41) is 5.08. The second-order valence-corrected chi connectivity index (χ2v) is 12.9. The first kappa shape index (κ1) is 37.3. The lowest BCUT2D eigenvalue weighted by Gasteiger charge is -2.29. The minimum Gasteiger partial charge on any atom is -0.467 e. The Labute approximate surface area is 273 Å². The number of hydrogen-bond acceptors (Lipinski definition) is 10. The lowest BCUT2D eigenvalue weighted by molar-refractivity contribution is -0.144.